The van der Waals surface area contributed by atoms with Crippen molar-refractivity contribution in [2.24, 2.45) is 0 Å². The Labute approximate surface area is 102 Å². The lowest BCUT2D eigenvalue weighted by Crippen LogP contribution is -2.27. The number of rotatable bonds is 7. The van der Waals surface area contributed by atoms with Crippen LogP contribution in [0.25, 0.3) is 0 Å². The van der Waals surface area contributed by atoms with Gasteiger partial charge in [0.05, 0.1) is 35.3 Å². The predicted octanol–water partition coefficient (Wildman–Crippen LogP) is 2.39. The zero-order valence-electron chi connectivity index (χ0n) is 10.5. The molecule has 0 amide bonds. The maximum Gasteiger partial charge on any atom is 0.0912 e. The lowest BCUT2D eigenvalue weighted by atomic mass is 9.97. The summed E-state index contributed by atoms with van der Waals surface area (Å²) in [4.78, 5) is 0. The molecule has 1 heterocycles. The Balaban J connectivity index is 2.53. The van der Waals surface area contributed by atoms with Gasteiger partial charge in [0, 0.05) is 7.11 Å². The minimum atomic E-state index is -0.0723. The minimum Gasteiger partial charge on any atom is -0.379 e. The number of nitrogens with one attached hydrogen (secondary N) is 1. The van der Waals surface area contributed by atoms with E-state index in [1.807, 2.05) is 6.20 Å². The van der Waals surface area contributed by atoms with E-state index in [-0.39, 0.29) is 11.6 Å². The second kappa shape index (κ2) is 6.27. The fourth-order valence-corrected chi connectivity index (χ4v) is 1.99. The molecule has 0 aromatic carbocycles. The maximum atomic E-state index is 5.42. The number of aromatic nitrogens is 2. The summed E-state index contributed by atoms with van der Waals surface area (Å²) in [7, 11) is 1.76. The number of methoxy groups -OCH3 is 1. The molecule has 5 heteroatoms. The Morgan fingerprint density at radius 3 is 2.81 bits per heavy atom. The quantitative estimate of drug-likeness (QED) is 0.799. The molecule has 92 valence electrons. The fourth-order valence-electron chi connectivity index (χ4n) is 1.52. The standard InChI is InChI=1S/C11H21N3OS/c1-5-12-9(10-8-13-16-14-10)6-7-11(2,3)15-4/h8-9,12H,5-7H2,1-4H3. The first-order valence-corrected chi connectivity index (χ1v) is 6.38. The molecule has 0 saturated carbocycles. The summed E-state index contributed by atoms with van der Waals surface area (Å²) in [6.45, 7) is 7.26. The molecule has 0 radical (unpaired) electrons. The average molecular weight is 243 g/mol. The van der Waals surface area contributed by atoms with Gasteiger partial charge in [-0.2, -0.15) is 8.75 Å². The van der Waals surface area contributed by atoms with Crippen LogP contribution in [0.4, 0.5) is 0 Å². The third kappa shape index (κ3) is 4.15. The zero-order chi connectivity index (χ0) is 12.0. The van der Waals surface area contributed by atoms with Crippen LogP contribution < -0.4 is 5.32 Å². The average Bonchev–Trinajstić information content (AvgIpc) is 2.77. The van der Waals surface area contributed by atoms with Gasteiger partial charge in [-0.25, -0.2) is 0 Å². The number of hydrogen-bond acceptors (Lipinski definition) is 5. The van der Waals surface area contributed by atoms with Crippen LogP contribution in [-0.4, -0.2) is 28.0 Å². The van der Waals surface area contributed by atoms with Gasteiger partial charge in [0.2, 0.25) is 0 Å². The van der Waals surface area contributed by atoms with E-state index in [4.69, 9.17) is 4.74 Å². The van der Waals surface area contributed by atoms with Crippen LogP contribution >= 0.6 is 11.7 Å². The molecule has 1 rings (SSSR count). The Bertz CT molecular complexity index is 287. The van der Waals surface area contributed by atoms with E-state index < -0.39 is 0 Å². The molecule has 0 aliphatic heterocycles. The second-order valence-corrected chi connectivity index (χ2v) is 5.00. The van der Waals surface area contributed by atoms with Crippen molar-refractivity contribution < 1.29 is 4.74 Å². The molecule has 0 fully saturated rings. The summed E-state index contributed by atoms with van der Waals surface area (Å²) in [5, 5.41) is 3.43. The van der Waals surface area contributed by atoms with Crippen LogP contribution in [0.1, 0.15) is 45.3 Å². The molecule has 16 heavy (non-hydrogen) atoms. The highest BCUT2D eigenvalue weighted by Gasteiger charge is 2.20. The molecule has 1 aromatic rings. The first-order chi connectivity index (χ1) is 7.59. The normalized spacial score (nSPS) is 14.0. The van der Waals surface area contributed by atoms with Crippen molar-refractivity contribution in [2.45, 2.75) is 45.3 Å². The van der Waals surface area contributed by atoms with Gasteiger partial charge in [0.25, 0.3) is 0 Å². The van der Waals surface area contributed by atoms with Crippen molar-refractivity contribution in [2.75, 3.05) is 13.7 Å². The van der Waals surface area contributed by atoms with Crippen LogP contribution in [0.5, 0.6) is 0 Å². The van der Waals surface area contributed by atoms with E-state index in [2.05, 4.69) is 34.8 Å². The van der Waals surface area contributed by atoms with E-state index in [0.717, 1.165) is 25.1 Å². The summed E-state index contributed by atoms with van der Waals surface area (Å²) >= 11 is 1.26. The monoisotopic (exact) mass is 243 g/mol. The SMILES string of the molecule is CCNC(CCC(C)(C)OC)c1cnsn1. The Hall–Kier alpha value is -0.520. The van der Waals surface area contributed by atoms with E-state index in [0.29, 0.717) is 0 Å². The van der Waals surface area contributed by atoms with Crippen molar-refractivity contribution in [3.05, 3.63) is 11.9 Å². The summed E-state index contributed by atoms with van der Waals surface area (Å²) < 4.78 is 13.8. The molecule has 0 saturated heterocycles. The highest BCUT2D eigenvalue weighted by atomic mass is 32.1. The summed E-state index contributed by atoms with van der Waals surface area (Å²) in [6, 6.07) is 0.290. The van der Waals surface area contributed by atoms with Gasteiger partial charge in [-0.1, -0.05) is 6.92 Å². The van der Waals surface area contributed by atoms with Crippen LogP contribution in [-0.2, 0) is 4.74 Å². The molecule has 1 N–H and O–H groups in total. The first kappa shape index (κ1) is 13.5. The molecule has 1 aromatic heterocycles. The molecule has 0 aliphatic carbocycles. The van der Waals surface area contributed by atoms with Crippen molar-refractivity contribution in [3.63, 3.8) is 0 Å². The van der Waals surface area contributed by atoms with Crippen molar-refractivity contribution >= 4 is 11.7 Å². The third-order valence-electron chi connectivity index (χ3n) is 2.77. The largest absolute Gasteiger partial charge is 0.379 e. The van der Waals surface area contributed by atoms with Gasteiger partial charge in [-0.15, -0.1) is 0 Å². The molecule has 4 nitrogen and oxygen atoms in total. The number of ether oxygens (including phenoxy) is 1. The van der Waals surface area contributed by atoms with E-state index >= 15 is 0 Å². The molecule has 0 bridgehead atoms. The van der Waals surface area contributed by atoms with Crippen molar-refractivity contribution in [3.8, 4) is 0 Å². The highest BCUT2D eigenvalue weighted by molar-refractivity contribution is 6.99. The third-order valence-corrected chi connectivity index (χ3v) is 3.27. The van der Waals surface area contributed by atoms with E-state index in [1.165, 1.54) is 11.7 Å². The summed E-state index contributed by atoms with van der Waals surface area (Å²) in [6.07, 6.45) is 3.86. The summed E-state index contributed by atoms with van der Waals surface area (Å²) in [5.41, 5.74) is 0.968. The smallest absolute Gasteiger partial charge is 0.0912 e. The van der Waals surface area contributed by atoms with E-state index in [1.54, 1.807) is 7.11 Å². The van der Waals surface area contributed by atoms with Crippen molar-refractivity contribution in [1.82, 2.24) is 14.1 Å². The number of hydrogen-bond donors (Lipinski definition) is 1. The molecule has 1 unspecified atom stereocenters. The minimum absolute atomic E-state index is 0.0723. The van der Waals surface area contributed by atoms with Crippen LogP contribution in [0.2, 0.25) is 0 Å². The lowest BCUT2D eigenvalue weighted by molar-refractivity contribution is 0.0116. The maximum absolute atomic E-state index is 5.42. The topological polar surface area (TPSA) is 47.0 Å². The van der Waals surface area contributed by atoms with Crippen LogP contribution in [0, 0.1) is 0 Å². The summed E-state index contributed by atoms with van der Waals surface area (Å²) in [5.74, 6) is 0. The first-order valence-electron chi connectivity index (χ1n) is 5.65. The second-order valence-electron chi connectivity index (χ2n) is 4.45. The van der Waals surface area contributed by atoms with Crippen molar-refractivity contribution in [1.29, 1.82) is 0 Å². The van der Waals surface area contributed by atoms with Gasteiger partial charge < -0.3 is 10.1 Å². The van der Waals surface area contributed by atoms with Crippen LogP contribution in [0.3, 0.4) is 0 Å². The predicted molar refractivity (Wildman–Crippen MR) is 66.6 cm³/mol. The Morgan fingerprint density at radius 2 is 2.31 bits per heavy atom. The van der Waals surface area contributed by atoms with Gasteiger partial charge in [0.15, 0.2) is 0 Å². The van der Waals surface area contributed by atoms with Gasteiger partial charge >= 0.3 is 0 Å². The lowest BCUT2D eigenvalue weighted by Gasteiger charge is -2.25. The fraction of sp³-hybridized carbons (Fsp3) is 0.818. The Morgan fingerprint density at radius 1 is 1.56 bits per heavy atom. The zero-order valence-corrected chi connectivity index (χ0v) is 11.3. The van der Waals surface area contributed by atoms with E-state index in [9.17, 15) is 0 Å². The molecular formula is C11H21N3OS. The highest BCUT2D eigenvalue weighted by Crippen LogP contribution is 2.23. The van der Waals surface area contributed by atoms with Gasteiger partial charge in [0.1, 0.15) is 0 Å². The number of nitrogens with zero attached hydrogens (tertiary/aromatic N) is 2. The van der Waals surface area contributed by atoms with Gasteiger partial charge in [-0.3, -0.25) is 0 Å². The molecule has 0 spiro atoms. The molecule has 1 atom stereocenters. The molecular weight excluding hydrogens is 222 g/mol. The molecule has 0 aliphatic rings. The van der Waals surface area contributed by atoms with Crippen LogP contribution in [0.15, 0.2) is 6.20 Å². The van der Waals surface area contributed by atoms with Gasteiger partial charge in [-0.05, 0) is 33.2 Å². The Kier molecular flexibility index (Phi) is 5.31.